The van der Waals surface area contributed by atoms with E-state index in [1.807, 2.05) is 7.05 Å². The summed E-state index contributed by atoms with van der Waals surface area (Å²) in [6, 6.07) is 0.551. The van der Waals surface area contributed by atoms with Gasteiger partial charge in [-0.1, -0.05) is 0 Å². The molecule has 0 bridgehead atoms. The van der Waals surface area contributed by atoms with Gasteiger partial charge >= 0.3 is 0 Å². The van der Waals surface area contributed by atoms with Gasteiger partial charge in [-0.2, -0.15) is 5.10 Å². The Kier molecular flexibility index (Phi) is 3.64. The quantitative estimate of drug-likeness (QED) is 0.901. The molecule has 1 N–H and O–H groups in total. The van der Waals surface area contributed by atoms with Crippen LogP contribution in [0.2, 0.25) is 0 Å². The fraction of sp³-hybridized carbons (Fsp3) is 0.615. The summed E-state index contributed by atoms with van der Waals surface area (Å²) in [5, 5.41) is 8.76. The third-order valence-electron chi connectivity index (χ3n) is 3.89. The number of anilines is 1. The molecule has 6 nitrogen and oxygen atoms in total. The lowest BCUT2D eigenvalue weighted by molar-refractivity contribution is 0.276. The summed E-state index contributed by atoms with van der Waals surface area (Å²) in [6.45, 7) is 0.894. The third-order valence-corrected chi connectivity index (χ3v) is 4.44. The molecule has 108 valence electrons. The molecule has 1 fully saturated rings. The van der Waals surface area contributed by atoms with Crippen molar-refractivity contribution >= 4 is 32.8 Å². The van der Waals surface area contributed by atoms with Crippen molar-refractivity contribution in [1.82, 2.24) is 24.6 Å². The van der Waals surface area contributed by atoms with E-state index in [9.17, 15) is 0 Å². The molecule has 0 aromatic carbocycles. The van der Waals surface area contributed by atoms with Crippen molar-refractivity contribution in [3.8, 4) is 0 Å². The van der Waals surface area contributed by atoms with Gasteiger partial charge in [-0.3, -0.25) is 0 Å². The number of hydrogen-bond donors (Lipinski definition) is 1. The number of halogens is 1. The summed E-state index contributed by atoms with van der Waals surface area (Å²) in [4.78, 5) is 10.9. The molecule has 1 aliphatic carbocycles. The van der Waals surface area contributed by atoms with Crippen LogP contribution >= 0.6 is 15.9 Å². The molecule has 0 saturated heterocycles. The molecule has 0 amide bonds. The zero-order valence-corrected chi connectivity index (χ0v) is 13.6. The van der Waals surface area contributed by atoms with Crippen molar-refractivity contribution in [1.29, 1.82) is 0 Å². The Morgan fingerprint density at radius 1 is 1.45 bits per heavy atom. The van der Waals surface area contributed by atoms with Crippen LogP contribution in [0.4, 0.5) is 5.82 Å². The van der Waals surface area contributed by atoms with Crippen LogP contribution in [-0.2, 0) is 7.05 Å². The summed E-state index contributed by atoms with van der Waals surface area (Å²) in [6.07, 6.45) is 4.25. The highest BCUT2D eigenvalue weighted by molar-refractivity contribution is 9.10. The molecule has 1 aliphatic rings. The number of likely N-dealkylation sites (N-methyl/N-ethyl adjacent to an activating group) is 1. The fourth-order valence-corrected chi connectivity index (χ4v) is 3.23. The molecule has 0 aliphatic heterocycles. The third kappa shape index (κ3) is 2.52. The van der Waals surface area contributed by atoms with Gasteiger partial charge in [0.15, 0.2) is 5.65 Å². The zero-order chi connectivity index (χ0) is 14.3. The Morgan fingerprint density at radius 2 is 2.20 bits per heavy atom. The van der Waals surface area contributed by atoms with Crippen LogP contribution in [0.25, 0.3) is 11.0 Å². The number of rotatable bonds is 5. The van der Waals surface area contributed by atoms with Gasteiger partial charge in [0.2, 0.25) is 0 Å². The molecule has 1 atom stereocenters. The first-order chi connectivity index (χ1) is 9.58. The normalized spacial score (nSPS) is 16.9. The zero-order valence-electron chi connectivity index (χ0n) is 12.0. The summed E-state index contributed by atoms with van der Waals surface area (Å²) in [5.74, 6) is 1.66. The van der Waals surface area contributed by atoms with Crippen LogP contribution < -0.4 is 5.32 Å². The number of hydrogen-bond acceptors (Lipinski definition) is 5. The second-order valence-electron chi connectivity index (χ2n) is 5.58. The first kappa shape index (κ1) is 13.8. The van der Waals surface area contributed by atoms with Gasteiger partial charge in [0.25, 0.3) is 0 Å². The van der Waals surface area contributed by atoms with Gasteiger partial charge in [-0.25, -0.2) is 14.6 Å². The standard InChI is InChI=1S/C13H19BrN6/c1-19(2)9(8-4-5-8)6-15-12-10-11(14)18-20(3)13(10)17-7-16-12/h7-9H,4-6H2,1-3H3,(H,15,16,17). The van der Waals surface area contributed by atoms with Gasteiger partial charge in [0.05, 0.1) is 5.39 Å². The number of aryl methyl sites for hydroxylation is 1. The SMILES string of the molecule is CN(C)C(CNc1ncnc2c1c(Br)nn2C)C1CC1. The van der Waals surface area contributed by atoms with E-state index in [0.717, 1.165) is 33.9 Å². The second-order valence-corrected chi connectivity index (χ2v) is 6.34. The molecule has 7 heteroatoms. The highest BCUT2D eigenvalue weighted by Crippen LogP contribution is 2.35. The van der Waals surface area contributed by atoms with E-state index >= 15 is 0 Å². The van der Waals surface area contributed by atoms with E-state index in [-0.39, 0.29) is 0 Å². The largest absolute Gasteiger partial charge is 0.368 e. The summed E-state index contributed by atoms with van der Waals surface area (Å²) < 4.78 is 2.54. The van der Waals surface area contributed by atoms with Crippen LogP contribution in [-0.4, -0.2) is 51.3 Å². The number of nitrogens with zero attached hydrogens (tertiary/aromatic N) is 5. The van der Waals surface area contributed by atoms with Crippen LogP contribution in [0.3, 0.4) is 0 Å². The van der Waals surface area contributed by atoms with Crippen LogP contribution in [0.15, 0.2) is 10.9 Å². The predicted octanol–water partition coefficient (Wildman–Crippen LogP) is 1.88. The summed E-state index contributed by atoms with van der Waals surface area (Å²) >= 11 is 3.48. The molecule has 0 spiro atoms. The molecule has 2 aromatic rings. The monoisotopic (exact) mass is 338 g/mol. The molecule has 3 rings (SSSR count). The lowest BCUT2D eigenvalue weighted by Gasteiger charge is -2.24. The van der Waals surface area contributed by atoms with Crippen molar-refractivity contribution in [3.05, 3.63) is 10.9 Å². The smallest absolute Gasteiger partial charge is 0.164 e. The minimum atomic E-state index is 0.551. The number of aromatic nitrogens is 4. The highest BCUT2D eigenvalue weighted by Gasteiger charge is 2.32. The molecule has 1 unspecified atom stereocenters. The lowest BCUT2D eigenvalue weighted by Crippen LogP contribution is -2.36. The number of fused-ring (bicyclic) bond motifs is 1. The Balaban J connectivity index is 1.83. The molecule has 2 aromatic heterocycles. The van der Waals surface area contributed by atoms with E-state index < -0.39 is 0 Å². The van der Waals surface area contributed by atoms with Crippen molar-refractivity contribution in [2.45, 2.75) is 18.9 Å². The van der Waals surface area contributed by atoms with Crippen LogP contribution in [0.5, 0.6) is 0 Å². The minimum Gasteiger partial charge on any atom is -0.368 e. The maximum atomic E-state index is 4.37. The van der Waals surface area contributed by atoms with E-state index in [1.54, 1.807) is 11.0 Å². The maximum absolute atomic E-state index is 4.37. The predicted molar refractivity (Wildman–Crippen MR) is 82.7 cm³/mol. The van der Waals surface area contributed by atoms with Crippen molar-refractivity contribution < 1.29 is 0 Å². The van der Waals surface area contributed by atoms with Gasteiger partial charge in [0.1, 0.15) is 16.7 Å². The molecular weight excluding hydrogens is 320 g/mol. The van der Waals surface area contributed by atoms with Gasteiger partial charge in [-0.15, -0.1) is 0 Å². The fourth-order valence-electron chi connectivity index (χ4n) is 2.63. The molecular formula is C13H19BrN6. The Labute approximate surface area is 126 Å². The van der Waals surface area contributed by atoms with E-state index in [2.05, 4.69) is 55.3 Å². The topological polar surface area (TPSA) is 58.9 Å². The Bertz CT molecular complexity index is 617. The second kappa shape index (κ2) is 5.29. The molecule has 20 heavy (non-hydrogen) atoms. The van der Waals surface area contributed by atoms with Crippen LogP contribution in [0, 0.1) is 5.92 Å². The summed E-state index contributed by atoms with van der Waals surface area (Å²) in [5.41, 5.74) is 0.835. The minimum absolute atomic E-state index is 0.551. The van der Waals surface area contributed by atoms with Crippen molar-refractivity contribution in [3.63, 3.8) is 0 Å². The Hall–Kier alpha value is -1.21. The van der Waals surface area contributed by atoms with Crippen LogP contribution in [0.1, 0.15) is 12.8 Å². The average molecular weight is 339 g/mol. The Morgan fingerprint density at radius 3 is 2.85 bits per heavy atom. The van der Waals surface area contributed by atoms with E-state index in [4.69, 9.17) is 0 Å². The number of nitrogens with one attached hydrogen (secondary N) is 1. The maximum Gasteiger partial charge on any atom is 0.164 e. The molecule has 0 radical (unpaired) electrons. The molecule has 1 saturated carbocycles. The van der Waals surface area contributed by atoms with E-state index in [0.29, 0.717) is 6.04 Å². The van der Waals surface area contributed by atoms with Gasteiger partial charge in [0, 0.05) is 19.6 Å². The van der Waals surface area contributed by atoms with E-state index in [1.165, 1.54) is 12.8 Å². The first-order valence-corrected chi connectivity index (χ1v) is 7.60. The van der Waals surface area contributed by atoms with Crippen molar-refractivity contribution in [2.75, 3.05) is 26.0 Å². The van der Waals surface area contributed by atoms with Gasteiger partial charge in [-0.05, 0) is 48.8 Å². The molecule has 2 heterocycles. The average Bonchev–Trinajstić information content (AvgIpc) is 3.18. The summed E-state index contributed by atoms with van der Waals surface area (Å²) in [7, 11) is 6.16. The van der Waals surface area contributed by atoms with Crippen molar-refractivity contribution in [2.24, 2.45) is 13.0 Å². The lowest BCUT2D eigenvalue weighted by atomic mass is 10.1. The first-order valence-electron chi connectivity index (χ1n) is 6.81. The highest BCUT2D eigenvalue weighted by atomic mass is 79.9. The van der Waals surface area contributed by atoms with Gasteiger partial charge < -0.3 is 10.2 Å².